The van der Waals surface area contributed by atoms with Crippen molar-refractivity contribution in [1.82, 2.24) is 0 Å². The van der Waals surface area contributed by atoms with E-state index in [-0.39, 0.29) is 0 Å². The maximum absolute atomic E-state index is 3.90. The monoisotopic (exact) mass is 202 g/mol. The Balaban J connectivity index is 2.37. The van der Waals surface area contributed by atoms with Crippen molar-refractivity contribution in [2.75, 3.05) is 0 Å². The highest BCUT2D eigenvalue weighted by molar-refractivity contribution is 6.80. The Kier molecular flexibility index (Phi) is 2.36. The molecular weight excluding hydrogens is 184 g/mol. The molecule has 2 rings (SSSR count). The molecule has 1 heteroatoms. The molecule has 0 fully saturated rings. The van der Waals surface area contributed by atoms with Crippen LogP contribution in [-0.4, -0.2) is 8.07 Å². The number of fused-ring (bicyclic) bond motifs is 1. The Morgan fingerprint density at radius 1 is 1.50 bits per heavy atom. The van der Waals surface area contributed by atoms with Gasteiger partial charge in [0.15, 0.2) is 0 Å². The molecule has 1 aliphatic heterocycles. The fraction of sp³-hybridized carbons (Fsp3) is 0.385. The highest BCUT2D eigenvalue weighted by Gasteiger charge is 2.40. The van der Waals surface area contributed by atoms with Gasteiger partial charge >= 0.3 is 0 Å². The van der Waals surface area contributed by atoms with E-state index in [1.54, 1.807) is 11.1 Å². The number of allylic oxidation sites excluding steroid dienone is 1. The summed E-state index contributed by atoms with van der Waals surface area (Å²) < 4.78 is 0. The van der Waals surface area contributed by atoms with E-state index < -0.39 is 8.07 Å². The predicted octanol–water partition coefficient (Wildman–Crippen LogP) is 3.69. The fourth-order valence-corrected chi connectivity index (χ4v) is 6.35. The van der Waals surface area contributed by atoms with Gasteiger partial charge in [-0.3, -0.25) is 0 Å². The average Bonchev–Trinajstić information content (AvgIpc) is 2.41. The lowest BCUT2D eigenvalue weighted by Gasteiger charge is -2.25. The third-order valence-corrected chi connectivity index (χ3v) is 8.58. The van der Waals surface area contributed by atoms with Gasteiger partial charge in [-0.2, -0.15) is 0 Å². The second-order valence-corrected chi connectivity index (χ2v) is 9.68. The summed E-state index contributed by atoms with van der Waals surface area (Å²) in [6.45, 7) is 8.82. The first-order chi connectivity index (χ1) is 6.67. The van der Waals surface area contributed by atoms with Crippen LogP contribution in [0.15, 0.2) is 36.9 Å². The van der Waals surface area contributed by atoms with Crippen LogP contribution in [0.25, 0.3) is 0 Å². The standard InChI is InChI=1S/C13H18Si/c1-4-9-14(3)10-12-7-5-6-8-13(12)11(14)2/h4-8,11H,1,9-10H2,2-3H3. The summed E-state index contributed by atoms with van der Waals surface area (Å²) in [6.07, 6.45) is 2.12. The molecule has 0 bridgehead atoms. The third-order valence-electron chi connectivity index (χ3n) is 3.77. The van der Waals surface area contributed by atoms with Crippen molar-refractivity contribution in [1.29, 1.82) is 0 Å². The molecule has 0 nitrogen and oxygen atoms in total. The molecule has 0 N–H and O–H groups in total. The summed E-state index contributed by atoms with van der Waals surface area (Å²) in [7, 11) is -1.11. The van der Waals surface area contributed by atoms with Crippen molar-refractivity contribution in [2.24, 2.45) is 0 Å². The molecule has 2 atom stereocenters. The Labute approximate surface area is 87.7 Å². The Morgan fingerprint density at radius 3 is 2.86 bits per heavy atom. The topological polar surface area (TPSA) is 0 Å². The first-order valence-electron chi connectivity index (χ1n) is 5.36. The number of rotatable bonds is 2. The van der Waals surface area contributed by atoms with E-state index in [0.29, 0.717) is 0 Å². The van der Waals surface area contributed by atoms with Crippen LogP contribution in [0, 0.1) is 0 Å². The molecule has 1 aromatic rings. The molecule has 0 saturated heterocycles. The lowest BCUT2D eigenvalue weighted by atomic mass is 10.1. The smallest absolute Gasteiger partial charge is 0.0658 e. The summed E-state index contributed by atoms with van der Waals surface area (Å²) in [5, 5.41) is 0. The maximum atomic E-state index is 3.90. The largest absolute Gasteiger partial charge is 0.103 e. The van der Waals surface area contributed by atoms with Crippen LogP contribution in [-0.2, 0) is 6.04 Å². The predicted molar refractivity (Wildman–Crippen MR) is 65.2 cm³/mol. The van der Waals surface area contributed by atoms with Crippen LogP contribution in [0.2, 0.25) is 12.6 Å². The van der Waals surface area contributed by atoms with Crippen LogP contribution in [0.4, 0.5) is 0 Å². The van der Waals surface area contributed by atoms with E-state index in [0.717, 1.165) is 5.54 Å². The first kappa shape index (κ1) is 9.72. The Bertz CT molecular complexity index is 356. The number of benzene rings is 1. The summed E-state index contributed by atoms with van der Waals surface area (Å²) in [5.41, 5.74) is 4.00. The van der Waals surface area contributed by atoms with E-state index in [1.807, 2.05) is 0 Å². The minimum Gasteiger partial charge on any atom is -0.103 e. The number of hydrogen-bond acceptors (Lipinski definition) is 0. The van der Waals surface area contributed by atoms with E-state index in [4.69, 9.17) is 0 Å². The fourth-order valence-electron chi connectivity index (χ4n) is 2.66. The molecule has 74 valence electrons. The summed E-state index contributed by atoms with van der Waals surface area (Å²) >= 11 is 0. The molecule has 2 unspecified atom stereocenters. The van der Waals surface area contributed by atoms with Crippen LogP contribution in [0.5, 0.6) is 0 Å². The van der Waals surface area contributed by atoms with E-state index >= 15 is 0 Å². The molecule has 0 aliphatic carbocycles. The second-order valence-electron chi connectivity index (χ2n) is 4.74. The van der Waals surface area contributed by atoms with Crippen molar-refractivity contribution in [3.05, 3.63) is 48.0 Å². The van der Waals surface area contributed by atoms with E-state index in [9.17, 15) is 0 Å². The minimum absolute atomic E-state index is 0.802. The van der Waals surface area contributed by atoms with Crippen molar-refractivity contribution in [2.45, 2.75) is 31.1 Å². The zero-order chi connectivity index (χ0) is 10.2. The zero-order valence-electron chi connectivity index (χ0n) is 9.09. The molecule has 0 spiro atoms. The van der Waals surface area contributed by atoms with Gasteiger partial charge < -0.3 is 0 Å². The van der Waals surface area contributed by atoms with Crippen LogP contribution in [0.1, 0.15) is 23.6 Å². The average molecular weight is 202 g/mol. The van der Waals surface area contributed by atoms with Gasteiger partial charge in [-0.1, -0.05) is 43.8 Å². The van der Waals surface area contributed by atoms with Crippen molar-refractivity contribution in [3.8, 4) is 0 Å². The lowest BCUT2D eigenvalue weighted by Crippen LogP contribution is -2.34. The van der Waals surface area contributed by atoms with Gasteiger partial charge in [0.05, 0.1) is 8.07 Å². The van der Waals surface area contributed by atoms with Crippen molar-refractivity contribution < 1.29 is 0 Å². The highest BCUT2D eigenvalue weighted by atomic mass is 28.3. The van der Waals surface area contributed by atoms with Gasteiger partial charge in [-0.25, -0.2) is 0 Å². The van der Waals surface area contributed by atoms with Gasteiger partial charge in [0.25, 0.3) is 0 Å². The minimum atomic E-state index is -1.11. The normalized spacial score (nSPS) is 30.0. The highest BCUT2D eigenvalue weighted by Crippen LogP contribution is 2.41. The SMILES string of the molecule is C=CC[Si]1(C)Cc2ccccc2C1C. The van der Waals surface area contributed by atoms with Gasteiger partial charge in [0, 0.05) is 0 Å². The summed E-state index contributed by atoms with van der Waals surface area (Å²) in [6, 6.07) is 11.5. The molecule has 0 aromatic heterocycles. The van der Waals surface area contributed by atoms with Crippen molar-refractivity contribution >= 4 is 8.07 Å². The molecule has 1 heterocycles. The maximum Gasteiger partial charge on any atom is 0.0658 e. The summed E-state index contributed by atoms with van der Waals surface area (Å²) in [4.78, 5) is 0. The molecule has 1 aliphatic rings. The summed E-state index contributed by atoms with van der Waals surface area (Å²) in [5.74, 6) is 0. The van der Waals surface area contributed by atoms with E-state index in [2.05, 4.69) is 50.4 Å². The van der Waals surface area contributed by atoms with Gasteiger partial charge in [0.1, 0.15) is 0 Å². The molecular formula is C13H18Si. The van der Waals surface area contributed by atoms with Crippen LogP contribution in [0.3, 0.4) is 0 Å². The second kappa shape index (κ2) is 3.39. The van der Waals surface area contributed by atoms with E-state index in [1.165, 1.54) is 12.1 Å². The molecule has 1 aromatic carbocycles. The quantitative estimate of drug-likeness (QED) is 0.507. The number of hydrogen-bond donors (Lipinski definition) is 0. The van der Waals surface area contributed by atoms with Crippen molar-refractivity contribution in [3.63, 3.8) is 0 Å². The molecule has 0 amide bonds. The Morgan fingerprint density at radius 2 is 2.21 bits per heavy atom. The van der Waals surface area contributed by atoms with Crippen LogP contribution >= 0.6 is 0 Å². The van der Waals surface area contributed by atoms with Crippen LogP contribution < -0.4 is 0 Å². The lowest BCUT2D eigenvalue weighted by molar-refractivity contribution is 1.03. The zero-order valence-corrected chi connectivity index (χ0v) is 10.1. The molecule has 0 radical (unpaired) electrons. The molecule has 14 heavy (non-hydrogen) atoms. The van der Waals surface area contributed by atoms with Gasteiger partial charge in [-0.15, -0.1) is 6.58 Å². The third kappa shape index (κ3) is 1.36. The Hall–Kier alpha value is -0.823. The first-order valence-corrected chi connectivity index (χ1v) is 8.35. The molecule has 0 saturated carbocycles. The van der Waals surface area contributed by atoms with Gasteiger partial charge in [-0.05, 0) is 28.8 Å². The van der Waals surface area contributed by atoms with Gasteiger partial charge in [0.2, 0.25) is 0 Å².